The van der Waals surface area contributed by atoms with Crippen LogP contribution in [0.1, 0.15) is 36.1 Å². The van der Waals surface area contributed by atoms with E-state index in [4.69, 9.17) is 0 Å². The van der Waals surface area contributed by atoms with E-state index in [1.165, 1.54) is 16.0 Å². The lowest BCUT2D eigenvalue weighted by Gasteiger charge is -2.13. The largest absolute Gasteiger partial charge is 0.388 e. The van der Waals surface area contributed by atoms with E-state index < -0.39 is 0 Å². The number of aliphatic hydroxyl groups is 1. The normalized spacial score (nSPS) is 12.4. The van der Waals surface area contributed by atoms with Crippen molar-refractivity contribution in [2.45, 2.75) is 37.0 Å². The molecule has 2 rings (SSSR count). The van der Waals surface area contributed by atoms with Crippen molar-refractivity contribution < 1.29 is 5.11 Å². The average Bonchev–Trinajstić information content (AvgIpc) is 2.45. The van der Waals surface area contributed by atoms with Crippen molar-refractivity contribution in [1.82, 2.24) is 0 Å². The van der Waals surface area contributed by atoms with Gasteiger partial charge in [-0.05, 0) is 30.5 Å². The minimum absolute atomic E-state index is 0.360. The van der Waals surface area contributed by atoms with Crippen molar-refractivity contribution in [2.24, 2.45) is 0 Å². The Kier molecular flexibility index (Phi) is 5.06. The van der Waals surface area contributed by atoms with Gasteiger partial charge in [0, 0.05) is 10.6 Å². The van der Waals surface area contributed by atoms with Gasteiger partial charge < -0.3 is 5.11 Å². The summed E-state index contributed by atoms with van der Waals surface area (Å²) in [6.45, 7) is 4.12. The summed E-state index contributed by atoms with van der Waals surface area (Å²) in [5, 5.41) is 10.0. The molecule has 1 nitrogen and oxygen atoms in total. The summed E-state index contributed by atoms with van der Waals surface area (Å²) in [5.74, 6) is 0.940. The van der Waals surface area contributed by atoms with Crippen LogP contribution in [0.4, 0.5) is 0 Å². The van der Waals surface area contributed by atoms with Crippen LogP contribution < -0.4 is 0 Å². The smallest absolute Gasteiger partial charge is 0.0798 e. The van der Waals surface area contributed by atoms with Crippen LogP contribution in [0.2, 0.25) is 0 Å². The van der Waals surface area contributed by atoms with Crippen LogP contribution in [-0.2, 0) is 5.75 Å². The van der Waals surface area contributed by atoms with Crippen molar-refractivity contribution in [1.29, 1.82) is 0 Å². The number of benzene rings is 2. The second kappa shape index (κ2) is 6.78. The van der Waals surface area contributed by atoms with Crippen molar-refractivity contribution in [2.75, 3.05) is 0 Å². The van der Waals surface area contributed by atoms with Gasteiger partial charge in [0.05, 0.1) is 6.10 Å². The zero-order valence-corrected chi connectivity index (χ0v) is 12.3. The third-order valence-corrected chi connectivity index (χ3v) is 4.30. The highest BCUT2D eigenvalue weighted by molar-refractivity contribution is 7.98. The van der Waals surface area contributed by atoms with Crippen LogP contribution in [0, 0.1) is 6.92 Å². The van der Waals surface area contributed by atoms with Gasteiger partial charge >= 0.3 is 0 Å². The molecule has 2 heteroatoms. The van der Waals surface area contributed by atoms with E-state index in [2.05, 4.69) is 37.3 Å². The highest BCUT2D eigenvalue weighted by Crippen LogP contribution is 2.31. The maximum Gasteiger partial charge on any atom is 0.0798 e. The monoisotopic (exact) mass is 272 g/mol. The molecule has 0 fully saturated rings. The van der Waals surface area contributed by atoms with E-state index in [1.807, 2.05) is 25.1 Å². The van der Waals surface area contributed by atoms with Crippen LogP contribution >= 0.6 is 11.8 Å². The number of hydrogen-bond donors (Lipinski definition) is 1. The van der Waals surface area contributed by atoms with Gasteiger partial charge in [0.2, 0.25) is 0 Å². The van der Waals surface area contributed by atoms with Crippen LogP contribution in [-0.4, -0.2) is 5.11 Å². The SMILES string of the molecule is CCC(O)c1ccccc1SCc1cccc(C)c1. The van der Waals surface area contributed by atoms with Crippen molar-refractivity contribution in [3.63, 3.8) is 0 Å². The van der Waals surface area contributed by atoms with Crippen molar-refractivity contribution in [3.8, 4) is 0 Å². The molecular weight excluding hydrogens is 252 g/mol. The fourth-order valence-corrected chi connectivity index (χ4v) is 3.12. The second-order valence-electron chi connectivity index (χ2n) is 4.74. The maximum atomic E-state index is 10.0. The fourth-order valence-electron chi connectivity index (χ4n) is 2.07. The highest BCUT2D eigenvalue weighted by atomic mass is 32.2. The molecule has 0 saturated heterocycles. The van der Waals surface area contributed by atoms with E-state index in [-0.39, 0.29) is 6.10 Å². The first-order valence-corrected chi connectivity index (χ1v) is 7.64. The molecule has 0 amide bonds. The van der Waals surface area contributed by atoms with Gasteiger partial charge in [0.1, 0.15) is 0 Å². The van der Waals surface area contributed by atoms with Gasteiger partial charge in [-0.25, -0.2) is 0 Å². The van der Waals surface area contributed by atoms with Crippen LogP contribution in [0.3, 0.4) is 0 Å². The first-order valence-electron chi connectivity index (χ1n) is 6.66. The Morgan fingerprint density at radius 1 is 1.11 bits per heavy atom. The molecule has 0 aliphatic carbocycles. The molecule has 0 aliphatic heterocycles. The molecule has 0 aromatic heterocycles. The lowest BCUT2D eigenvalue weighted by atomic mass is 10.1. The summed E-state index contributed by atoms with van der Waals surface area (Å²) in [5.41, 5.74) is 3.66. The molecule has 0 spiro atoms. The number of aliphatic hydroxyl groups excluding tert-OH is 1. The third kappa shape index (κ3) is 3.85. The second-order valence-corrected chi connectivity index (χ2v) is 5.76. The molecule has 1 atom stereocenters. The summed E-state index contributed by atoms with van der Waals surface area (Å²) >= 11 is 1.79. The van der Waals surface area contributed by atoms with E-state index in [0.29, 0.717) is 0 Å². The van der Waals surface area contributed by atoms with Crippen LogP contribution in [0.15, 0.2) is 53.4 Å². The molecule has 0 radical (unpaired) electrons. The molecule has 19 heavy (non-hydrogen) atoms. The minimum Gasteiger partial charge on any atom is -0.388 e. The Hall–Kier alpha value is -1.25. The lowest BCUT2D eigenvalue weighted by molar-refractivity contribution is 0.171. The molecule has 2 aromatic rings. The zero-order chi connectivity index (χ0) is 13.7. The van der Waals surface area contributed by atoms with Crippen molar-refractivity contribution in [3.05, 3.63) is 65.2 Å². The van der Waals surface area contributed by atoms with Gasteiger partial charge in [0.25, 0.3) is 0 Å². The Balaban J connectivity index is 2.11. The highest BCUT2D eigenvalue weighted by Gasteiger charge is 2.10. The van der Waals surface area contributed by atoms with Gasteiger partial charge in [-0.15, -0.1) is 11.8 Å². The quantitative estimate of drug-likeness (QED) is 0.794. The van der Waals surface area contributed by atoms with Gasteiger partial charge in [-0.1, -0.05) is 55.0 Å². The van der Waals surface area contributed by atoms with Gasteiger partial charge in [-0.2, -0.15) is 0 Å². The lowest BCUT2D eigenvalue weighted by Crippen LogP contribution is -1.97. The number of thioether (sulfide) groups is 1. The van der Waals surface area contributed by atoms with Gasteiger partial charge in [-0.3, -0.25) is 0 Å². The zero-order valence-electron chi connectivity index (χ0n) is 11.5. The number of aryl methyl sites for hydroxylation is 1. The minimum atomic E-state index is -0.360. The van der Waals surface area contributed by atoms with Crippen molar-refractivity contribution >= 4 is 11.8 Å². The predicted molar refractivity (Wildman–Crippen MR) is 82.4 cm³/mol. The average molecular weight is 272 g/mol. The topological polar surface area (TPSA) is 20.2 Å². The molecule has 0 saturated carbocycles. The summed E-state index contributed by atoms with van der Waals surface area (Å²) in [7, 11) is 0. The number of hydrogen-bond acceptors (Lipinski definition) is 2. The molecular formula is C17H20OS. The van der Waals surface area contributed by atoms with Gasteiger partial charge in [0.15, 0.2) is 0 Å². The summed E-state index contributed by atoms with van der Waals surface area (Å²) < 4.78 is 0. The molecule has 0 aliphatic rings. The Bertz CT molecular complexity index is 536. The van der Waals surface area contributed by atoms with Crippen LogP contribution in [0.25, 0.3) is 0 Å². The molecule has 1 N–H and O–H groups in total. The summed E-state index contributed by atoms with van der Waals surface area (Å²) in [4.78, 5) is 1.18. The first kappa shape index (κ1) is 14.2. The van der Waals surface area contributed by atoms with E-state index >= 15 is 0 Å². The molecule has 100 valence electrons. The molecule has 0 heterocycles. The van der Waals surface area contributed by atoms with E-state index in [0.717, 1.165) is 17.7 Å². The first-order chi connectivity index (χ1) is 9.20. The standard InChI is InChI=1S/C17H20OS/c1-3-16(18)15-9-4-5-10-17(15)19-12-14-8-6-7-13(2)11-14/h4-11,16,18H,3,12H2,1-2H3. The predicted octanol–water partition coefficient (Wildman–Crippen LogP) is 4.73. The van der Waals surface area contributed by atoms with Crippen LogP contribution in [0.5, 0.6) is 0 Å². The Morgan fingerprint density at radius 2 is 1.89 bits per heavy atom. The maximum absolute atomic E-state index is 10.0. The summed E-state index contributed by atoms with van der Waals surface area (Å²) in [6.07, 6.45) is 0.392. The number of rotatable bonds is 5. The fraction of sp³-hybridized carbons (Fsp3) is 0.294. The van der Waals surface area contributed by atoms with E-state index in [9.17, 15) is 5.11 Å². The molecule has 0 bridgehead atoms. The molecule has 1 unspecified atom stereocenters. The Labute approximate surface area is 119 Å². The Morgan fingerprint density at radius 3 is 2.63 bits per heavy atom. The summed E-state index contributed by atoms with van der Waals surface area (Å²) in [6, 6.07) is 16.7. The van der Waals surface area contributed by atoms with E-state index in [1.54, 1.807) is 11.8 Å². The third-order valence-electron chi connectivity index (χ3n) is 3.14. The molecule has 2 aromatic carbocycles.